The van der Waals surface area contributed by atoms with Crippen LogP contribution in [-0.2, 0) is 18.8 Å². The number of rotatable bonds is 3. The van der Waals surface area contributed by atoms with Crippen molar-refractivity contribution in [2.45, 2.75) is 18.8 Å². The summed E-state index contributed by atoms with van der Waals surface area (Å²) in [7, 11) is 0. The molecule has 0 spiro atoms. The Kier molecular flexibility index (Phi) is 5.77. The summed E-state index contributed by atoms with van der Waals surface area (Å²) in [5.74, 6) is -2.40. The summed E-state index contributed by atoms with van der Waals surface area (Å²) >= 11 is 10.8. The van der Waals surface area contributed by atoms with Gasteiger partial charge in [-0.3, -0.25) is 0 Å². The molecule has 2 aromatic rings. The standard InChI is InChI=1S/C16H7Cl2F8/c17-11-5-9(15(21,22)23)3-7(13(11)19)1-2-8-4-10(16(24,25)26)6-12(18)14(8)20/h1,3-6H,2H2. The SMILES string of the molecule is Fc1c(Cl)cc(C(F)(F)F)cc1[CH]Cc1cc(C(F)(F)F)cc(Cl)c1F. The molecule has 26 heavy (non-hydrogen) atoms. The first-order valence-corrected chi connectivity index (χ1v) is 7.51. The Balaban J connectivity index is 2.38. The fourth-order valence-electron chi connectivity index (χ4n) is 2.10. The quantitative estimate of drug-likeness (QED) is 0.463. The van der Waals surface area contributed by atoms with Gasteiger partial charge in [-0.15, -0.1) is 0 Å². The Bertz CT molecular complexity index is 755. The fourth-order valence-corrected chi connectivity index (χ4v) is 2.57. The molecule has 2 aromatic carbocycles. The van der Waals surface area contributed by atoms with Crippen LogP contribution in [0.2, 0.25) is 10.0 Å². The third-order valence-electron chi connectivity index (χ3n) is 3.36. The maximum atomic E-state index is 13.9. The van der Waals surface area contributed by atoms with Gasteiger partial charge in [0.15, 0.2) is 0 Å². The molecule has 2 rings (SSSR count). The zero-order valence-corrected chi connectivity index (χ0v) is 13.9. The van der Waals surface area contributed by atoms with E-state index < -0.39 is 62.7 Å². The van der Waals surface area contributed by atoms with Crippen molar-refractivity contribution in [2.24, 2.45) is 0 Å². The number of alkyl halides is 6. The van der Waals surface area contributed by atoms with Gasteiger partial charge in [0.25, 0.3) is 0 Å². The minimum atomic E-state index is -4.81. The first kappa shape index (κ1) is 20.8. The summed E-state index contributed by atoms with van der Waals surface area (Å²) in [6.07, 6.45) is -9.46. The number of benzene rings is 2. The highest BCUT2D eigenvalue weighted by Gasteiger charge is 2.33. The zero-order valence-electron chi connectivity index (χ0n) is 12.4. The normalized spacial score (nSPS) is 12.5. The van der Waals surface area contributed by atoms with Crippen molar-refractivity contribution in [2.75, 3.05) is 0 Å². The van der Waals surface area contributed by atoms with E-state index in [1.165, 1.54) is 0 Å². The minimum Gasteiger partial charge on any atom is -0.205 e. The highest BCUT2D eigenvalue weighted by atomic mass is 35.5. The predicted octanol–water partition coefficient (Wildman–Crippen LogP) is 7.10. The molecule has 0 atom stereocenters. The smallest absolute Gasteiger partial charge is 0.205 e. The van der Waals surface area contributed by atoms with Crippen molar-refractivity contribution >= 4 is 23.2 Å². The van der Waals surface area contributed by atoms with E-state index >= 15 is 0 Å². The van der Waals surface area contributed by atoms with Crippen molar-refractivity contribution in [3.8, 4) is 0 Å². The molecule has 0 heterocycles. The third kappa shape index (κ3) is 4.59. The average Bonchev–Trinajstić information content (AvgIpc) is 2.49. The van der Waals surface area contributed by atoms with E-state index in [1.807, 2.05) is 0 Å². The van der Waals surface area contributed by atoms with Crippen LogP contribution in [0.25, 0.3) is 0 Å². The molecule has 0 saturated carbocycles. The van der Waals surface area contributed by atoms with Crippen molar-refractivity contribution in [3.63, 3.8) is 0 Å². The molecule has 10 heteroatoms. The van der Waals surface area contributed by atoms with Gasteiger partial charge in [-0.25, -0.2) is 8.78 Å². The Morgan fingerprint density at radius 3 is 1.69 bits per heavy atom. The second-order valence-electron chi connectivity index (χ2n) is 5.20. The van der Waals surface area contributed by atoms with Crippen LogP contribution in [-0.4, -0.2) is 0 Å². The molecule has 0 amide bonds. The lowest BCUT2D eigenvalue weighted by Crippen LogP contribution is -2.09. The van der Waals surface area contributed by atoms with Crippen molar-refractivity contribution < 1.29 is 35.1 Å². The van der Waals surface area contributed by atoms with Gasteiger partial charge in [0.2, 0.25) is 0 Å². The van der Waals surface area contributed by atoms with E-state index in [1.54, 1.807) is 0 Å². The molecule has 0 aromatic heterocycles. The predicted molar refractivity (Wildman–Crippen MR) is 79.9 cm³/mol. The van der Waals surface area contributed by atoms with E-state index in [4.69, 9.17) is 23.2 Å². The van der Waals surface area contributed by atoms with Gasteiger partial charge in [0.1, 0.15) is 11.6 Å². The topological polar surface area (TPSA) is 0 Å². The van der Waals surface area contributed by atoms with Crippen LogP contribution in [0.1, 0.15) is 22.3 Å². The molecule has 0 N–H and O–H groups in total. The van der Waals surface area contributed by atoms with Crippen LogP contribution in [0.15, 0.2) is 24.3 Å². The summed E-state index contributed by atoms with van der Waals surface area (Å²) in [5, 5.41) is -1.64. The molecule has 0 aliphatic carbocycles. The van der Waals surface area contributed by atoms with Crippen LogP contribution < -0.4 is 0 Å². The molecule has 0 aliphatic rings. The molecule has 0 bridgehead atoms. The highest BCUT2D eigenvalue weighted by molar-refractivity contribution is 6.31. The first-order valence-electron chi connectivity index (χ1n) is 6.75. The van der Waals surface area contributed by atoms with E-state index in [-0.39, 0.29) is 0 Å². The molecule has 141 valence electrons. The lowest BCUT2D eigenvalue weighted by molar-refractivity contribution is -0.138. The van der Waals surface area contributed by atoms with E-state index in [0.29, 0.717) is 24.3 Å². The Morgan fingerprint density at radius 2 is 1.19 bits per heavy atom. The first-order chi connectivity index (χ1) is 11.8. The third-order valence-corrected chi connectivity index (χ3v) is 3.91. The van der Waals surface area contributed by atoms with Crippen molar-refractivity contribution in [1.82, 2.24) is 0 Å². The fraction of sp³-hybridized carbons (Fsp3) is 0.188. The monoisotopic (exact) mass is 421 g/mol. The van der Waals surface area contributed by atoms with Gasteiger partial charge in [-0.1, -0.05) is 23.2 Å². The maximum Gasteiger partial charge on any atom is 0.416 e. The lowest BCUT2D eigenvalue weighted by atomic mass is 10.00. The molecule has 0 aliphatic heterocycles. The number of hydrogen-bond donors (Lipinski definition) is 0. The van der Waals surface area contributed by atoms with Crippen LogP contribution in [0.3, 0.4) is 0 Å². The molecule has 0 nitrogen and oxygen atoms in total. The van der Waals surface area contributed by atoms with Gasteiger partial charge in [0.05, 0.1) is 21.2 Å². The molecule has 1 radical (unpaired) electrons. The van der Waals surface area contributed by atoms with Crippen LogP contribution >= 0.6 is 23.2 Å². The summed E-state index contributed by atoms with van der Waals surface area (Å²) in [4.78, 5) is 0. The second-order valence-corrected chi connectivity index (χ2v) is 6.01. The number of hydrogen-bond acceptors (Lipinski definition) is 0. The van der Waals surface area contributed by atoms with Gasteiger partial charge >= 0.3 is 12.4 Å². The van der Waals surface area contributed by atoms with Crippen LogP contribution in [0.4, 0.5) is 35.1 Å². The lowest BCUT2D eigenvalue weighted by Gasteiger charge is -2.13. The van der Waals surface area contributed by atoms with Crippen LogP contribution in [0.5, 0.6) is 0 Å². The molecule has 0 saturated heterocycles. The van der Waals surface area contributed by atoms with Crippen molar-refractivity contribution in [1.29, 1.82) is 0 Å². The van der Waals surface area contributed by atoms with E-state index in [0.717, 1.165) is 6.42 Å². The maximum absolute atomic E-state index is 13.9. The van der Waals surface area contributed by atoms with Gasteiger partial charge in [0, 0.05) is 0 Å². The Morgan fingerprint density at radius 1 is 0.731 bits per heavy atom. The summed E-state index contributed by atoms with van der Waals surface area (Å²) in [6, 6.07) is 1.62. The zero-order chi connectivity index (χ0) is 19.9. The molecular weight excluding hydrogens is 415 g/mol. The summed E-state index contributed by atoms with van der Waals surface area (Å²) in [5.41, 5.74) is -3.68. The van der Waals surface area contributed by atoms with Gasteiger partial charge < -0.3 is 0 Å². The summed E-state index contributed by atoms with van der Waals surface area (Å²) in [6.45, 7) is 0. The van der Waals surface area contributed by atoms with E-state index in [9.17, 15) is 35.1 Å². The highest BCUT2D eigenvalue weighted by Crippen LogP contribution is 2.36. The molecule has 0 unspecified atom stereocenters. The minimum absolute atomic E-state index is 0.371. The largest absolute Gasteiger partial charge is 0.416 e. The number of halogens is 10. The Labute approximate surface area is 152 Å². The summed E-state index contributed by atoms with van der Waals surface area (Å²) < 4.78 is 104. The van der Waals surface area contributed by atoms with Crippen LogP contribution in [0, 0.1) is 18.1 Å². The van der Waals surface area contributed by atoms with Gasteiger partial charge in [-0.2, -0.15) is 26.3 Å². The molecular formula is C16H7Cl2F8. The molecule has 0 fully saturated rings. The Hall–Kier alpha value is -1.54. The van der Waals surface area contributed by atoms with E-state index in [2.05, 4.69) is 0 Å². The van der Waals surface area contributed by atoms with Gasteiger partial charge in [-0.05, 0) is 48.2 Å². The van der Waals surface area contributed by atoms with Crippen molar-refractivity contribution in [3.05, 3.63) is 74.6 Å². The average molecular weight is 422 g/mol. The second kappa shape index (κ2) is 7.23.